The number of hydrogen-bond donors (Lipinski definition) is 0. The average Bonchev–Trinajstić information content (AvgIpc) is 2.77. The van der Waals surface area contributed by atoms with E-state index in [1.807, 2.05) is 22.9 Å². The summed E-state index contributed by atoms with van der Waals surface area (Å²) in [6, 6.07) is 6.97. The number of aromatic nitrogens is 1. The van der Waals surface area contributed by atoms with E-state index in [0.29, 0.717) is 18.5 Å². The zero-order chi connectivity index (χ0) is 13.8. The molecule has 0 bridgehead atoms. The highest BCUT2D eigenvalue weighted by molar-refractivity contribution is 5.88. The van der Waals surface area contributed by atoms with Crippen LogP contribution in [0.5, 0.6) is 0 Å². The Balaban J connectivity index is 2.19. The Morgan fingerprint density at radius 1 is 1.32 bits per heavy atom. The third-order valence-electron chi connectivity index (χ3n) is 3.14. The van der Waals surface area contributed by atoms with E-state index in [1.54, 1.807) is 13.0 Å². The van der Waals surface area contributed by atoms with Gasteiger partial charge in [0.15, 0.2) is 0 Å². The molecular formula is C14H16N2O3. The van der Waals surface area contributed by atoms with Gasteiger partial charge in [-0.2, -0.15) is 0 Å². The Morgan fingerprint density at radius 3 is 2.79 bits per heavy atom. The first-order chi connectivity index (χ1) is 9.09. The smallest absolute Gasteiger partial charge is 0.293 e. The van der Waals surface area contributed by atoms with Gasteiger partial charge in [0.1, 0.15) is 11.3 Å². The van der Waals surface area contributed by atoms with Crippen molar-refractivity contribution in [1.82, 2.24) is 4.57 Å². The van der Waals surface area contributed by atoms with Gasteiger partial charge in [-0.25, -0.2) is 0 Å². The third kappa shape index (κ3) is 2.99. The molecule has 2 rings (SSSR count). The zero-order valence-electron chi connectivity index (χ0n) is 10.8. The highest BCUT2D eigenvalue weighted by Gasteiger charge is 2.14. The van der Waals surface area contributed by atoms with Crippen LogP contribution in [-0.4, -0.2) is 15.3 Å². The lowest BCUT2D eigenvalue weighted by Crippen LogP contribution is -2.00. The second-order valence-electron chi connectivity index (χ2n) is 4.64. The van der Waals surface area contributed by atoms with Crippen molar-refractivity contribution in [1.29, 1.82) is 0 Å². The zero-order valence-corrected chi connectivity index (χ0v) is 10.8. The van der Waals surface area contributed by atoms with E-state index in [1.165, 1.54) is 6.07 Å². The molecule has 0 fully saturated rings. The Kier molecular flexibility index (Phi) is 3.94. The molecule has 0 spiro atoms. The van der Waals surface area contributed by atoms with Crippen molar-refractivity contribution in [3.05, 3.63) is 40.6 Å². The highest BCUT2D eigenvalue weighted by Crippen LogP contribution is 2.26. The number of rotatable bonds is 6. The van der Waals surface area contributed by atoms with E-state index < -0.39 is 0 Å². The van der Waals surface area contributed by atoms with Crippen LogP contribution in [0.3, 0.4) is 0 Å². The summed E-state index contributed by atoms with van der Waals surface area (Å²) < 4.78 is 1.90. The number of nitrogens with zero attached hydrogens (tertiary/aromatic N) is 2. The molecule has 0 aliphatic heterocycles. The first-order valence-corrected chi connectivity index (χ1v) is 6.31. The van der Waals surface area contributed by atoms with Crippen molar-refractivity contribution >= 4 is 22.4 Å². The summed E-state index contributed by atoms with van der Waals surface area (Å²) in [6.45, 7) is 2.28. The SMILES string of the molecule is CC(=O)CCCCn1ccc2cccc([N+](=O)[O-])c21. The third-order valence-corrected chi connectivity index (χ3v) is 3.14. The van der Waals surface area contributed by atoms with Crippen LogP contribution >= 0.6 is 0 Å². The maximum atomic E-state index is 11.0. The number of carbonyl (C=O) groups excluding carboxylic acids is 1. The molecule has 19 heavy (non-hydrogen) atoms. The van der Waals surface area contributed by atoms with Crippen LogP contribution in [0.25, 0.3) is 10.9 Å². The molecule has 5 heteroatoms. The Bertz CT molecular complexity index is 616. The highest BCUT2D eigenvalue weighted by atomic mass is 16.6. The largest absolute Gasteiger partial charge is 0.342 e. The fourth-order valence-corrected chi connectivity index (χ4v) is 2.23. The Labute approximate surface area is 111 Å². The number of hydrogen-bond acceptors (Lipinski definition) is 3. The number of benzene rings is 1. The lowest BCUT2D eigenvalue weighted by Gasteiger charge is -2.05. The normalized spacial score (nSPS) is 10.8. The molecule has 1 aromatic carbocycles. The van der Waals surface area contributed by atoms with Gasteiger partial charge in [-0.1, -0.05) is 12.1 Å². The van der Waals surface area contributed by atoms with Gasteiger partial charge >= 0.3 is 0 Å². The molecule has 100 valence electrons. The number of aryl methyl sites for hydroxylation is 1. The van der Waals surface area contributed by atoms with E-state index >= 15 is 0 Å². The topological polar surface area (TPSA) is 65.1 Å². The average molecular weight is 260 g/mol. The van der Waals surface area contributed by atoms with Crippen molar-refractivity contribution in [3.8, 4) is 0 Å². The van der Waals surface area contributed by atoms with E-state index in [2.05, 4.69) is 0 Å². The minimum absolute atomic E-state index is 0.133. The van der Waals surface area contributed by atoms with Gasteiger partial charge in [0.05, 0.1) is 4.92 Å². The van der Waals surface area contributed by atoms with Crippen LogP contribution in [0.2, 0.25) is 0 Å². The number of carbonyl (C=O) groups is 1. The first kappa shape index (κ1) is 13.3. The maximum Gasteiger partial charge on any atom is 0.293 e. The minimum atomic E-state index is -0.353. The van der Waals surface area contributed by atoms with Gasteiger partial charge in [0, 0.05) is 30.6 Å². The van der Waals surface area contributed by atoms with Crippen LogP contribution in [0.15, 0.2) is 30.5 Å². The molecule has 2 aromatic rings. The van der Waals surface area contributed by atoms with Gasteiger partial charge in [0.25, 0.3) is 5.69 Å². The lowest BCUT2D eigenvalue weighted by molar-refractivity contribution is -0.383. The van der Waals surface area contributed by atoms with Crippen molar-refractivity contribution in [2.24, 2.45) is 0 Å². The van der Waals surface area contributed by atoms with Gasteiger partial charge < -0.3 is 9.36 Å². The standard InChI is InChI=1S/C14H16N2O3/c1-11(17)5-2-3-9-15-10-8-12-6-4-7-13(14(12)15)16(18)19/h4,6-8,10H,2-3,5,9H2,1H3. The summed E-state index contributed by atoms with van der Waals surface area (Å²) in [6.07, 6.45) is 4.10. The molecule has 0 N–H and O–H groups in total. The Morgan fingerprint density at radius 2 is 2.11 bits per heavy atom. The van der Waals surface area contributed by atoms with Crippen LogP contribution in [0.1, 0.15) is 26.2 Å². The van der Waals surface area contributed by atoms with E-state index in [9.17, 15) is 14.9 Å². The van der Waals surface area contributed by atoms with Gasteiger partial charge in [0.2, 0.25) is 0 Å². The predicted molar refractivity (Wildman–Crippen MR) is 73.1 cm³/mol. The van der Waals surface area contributed by atoms with Crippen molar-refractivity contribution < 1.29 is 9.72 Å². The second-order valence-corrected chi connectivity index (χ2v) is 4.64. The van der Waals surface area contributed by atoms with Gasteiger partial charge in [-0.15, -0.1) is 0 Å². The lowest BCUT2D eigenvalue weighted by atomic mass is 10.2. The first-order valence-electron chi connectivity index (χ1n) is 6.31. The molecule has 0 radical (unpaired) electrons. The summed E-state index contributed by atoms with van der Waals surface area (Å²) in [7, 11) is 0. The molecule has 1 heterocycles. The fourth-order valence-electron chi connectivity index (χ4n) is 2.23. The Hall–Kier alpha value is -2.17. The van der Waals surface area contributed by atoms with Crippen molar-refractivity contribution in [3.63, 3.8) is 0 Å². The summed E-state index contributed by atoms with van der Waals surface area (Å²) >= 11 is 0. The molecule has 0 atom stereocenters. The van der Waals surface area contributed by atoms with Crippen LogP contribution < -0.4 is 0 Å². The van der Waals surface area contributed by atoms with Crippen LogP contribution in [0, 0.1) is 10.1 Å². The second kappa shape index (κ2) is 5.65. The molecule has 1 aromatic heterocycles. The number of nitro benzene ring substituents is 1. The summed E-state index contributed by atoms with van der Waals surface area (Å²) in [5.41, 5.74) is 0.796. The molecule has 0 unspecified atom stereocenters. The van der Waals surface area contributed by atoms with Crippen molar-refractivity contribution in [2.75, 3.05) is 0 Å². The fraction of sp³-hybridized carbons (Fsp3) is 0.357. The monoisotopic (exact) mass is 260 g/mol. The summed E-state index contributed by atoms with van der Waals surface area (Å²) in [5.74, 6) is 0.184. The molecule has 5 nitrogen and oxygen atoms in total. The molecule has 0 saturated heterocycles. The van der Waals surface area contributed by atoms with Crippen LogP contribution in [0.4, 0.5) is 5.69 Å². The number of nitro groups is 1. The van der Waals surface area contributed by atoms with Crippen molar-refractivity contribution in [2.45, 2.75) is 32.7 Å². The summed E-state index contributed by atoms with van der Waals surface area (Å²) in [5, 5.41) is 11.9. The van der Waals surface area contributed by atoms with Gasteiger partial charge in [-0.05, 0) is 25.8 Å². The number of non-ortho nitro benzene ring substituents is 1. The maximum absolute atomic E-state index is 11.0. The molecular weight excluding hydrogens is 244 g/mol. The molecule has 0 aliphatic carbocycles. The number of unbranched alkanes of at least 4 members (excludes halogenated alkanes) is 1. The minimum Gasteiger partial charge on any atom is -0.342 e. The molecule has 0 saturated carbocycles. The molecule has 0 aliphatic rings. The predicted octanol–water partition coefficient (Wildman–Crippen LogP) is 3.31. The van der Waals surface area contributed by atoms with Crippen LogP contribution in [-0.2, 0) is 11.3 Å². The van der Waals surface area contributed by atoms with E-state index in [4.69, 9.17) is 0 Å². The van der Waals surface area contributed by atoms with Gasteiger partial charge in [-0.3, -0.25) is 10.1 Å². The number of Topliss-reactive ketones (excluding diaryl/α,β-unsaturated/α-hetero) is 1. The molecule has 0 amide bonds. The van der Waals surface area contributed by atoms with E-state index in [-0.39, 0.29) is 16.4 Å². The number of para-hydroxylation sites is 1. The number of fused-ring (bicyclic) bond motifs is 1. The number of ketones is 1. The summed E-state index contributed by atoms with van der Waals surface area (Å²) in [4.78, 5) is 21.5. The van der Waals surface area contributed by atoms with E-state index in [0.717, 1.165) is 18.2 Å². The quantitative estimate of drug-likeness (QED) is 0.454.